The van der Waals surface area contributed by atoms with E-state index < -0.39 is 0 Å². The molecule has 1 fully saturated rings. The fourth-order valence-electron chi connectivity index (χ4n) is 2.74. The largest absolute Gasteiger partial charge is 0.326 e. The van der Waals surface area contributed by atoms with Crippen LogP contribution in [-0.4, -0.2) is 17.4 Å². The summed E-state index contributed by atoms with van der Waals surface area (Å²) in [5.41, 5.74) is 4.76. The number of hydrogen-bond donors (Lipinski definition) is 1. The van der Waals surface area contributed by atoms with Crippen molar-refractivity contribution in [2.24, 2.45) is 0 Å². The maximum Gasteiger partial charge on any atom is 0.224 e. The van der Waals surface area contributed by atoms with Gasteiger partial charge in [-0.3, -0.25) is 4.79 Å². The van der Waals surface area contributed by atoms with Crippen molar-refractivity contribution in [3.8, 4) is 0 Å². The van der Waals surface area contributed by atoms with Gasteiger partial charge in [-0.2, -0.15) is 0 Å². The van der Waals surface area contributed by atoms with Crippen molar-refractivity contribution in [3.63, 3.8) is 0 Å². The van der Waals surface area contributed by atoms with Crippen LogP contribution in [-0.2, 0) is 17.6 Å². The Balaban J connectivity index is 1.53. The second-order valence-corrected chi connectivity index (χ2v) is 8.64. The molecule has 0 radical (unpaired) electrons. The Morgan fingerprint density at radius 2 is 1.79 bits per heavy atom. The minimum atomic E-state index is 0.0819. The molecule has 3 rings (SSSR count). The van der Waals surface area contributed by atoms with Gasteiger partial charge in [0.05, 0.1) is 4.58 Å². The highest BCUT2D eigenvalue weighted by atomic mass is 32.2. The Morgan fingerprint density at radius 3 is 2.50 bits per heavy atom. The number of amides is 1. The number of rotatable bonds is 6. The van der Waals surface area contributed by atoms with Crippen molar-refractivity contribution < 1.29 is 4.79 Å². The van der Waals surface area contributed by atoms with Crippen molar-refractivity contribution in [3.05, 3.63) is 65.2 Å². The summed E-state index contributed by atoms with van der Waals surface area (Å²) in [6.45, 7) is 2.15. The normalized spacial score (nSPS) is 14.7. The molecule has 0 aliphatic carbocycles. The molecule has 0 atom stereocenters. The molecule has 1 amide bonds. The third-order valence-electron chi connectivity index (χ3n) is 4.14. The van der Waals surface area contributed by atoms with Gasteiger partial charge in [0.2, 0.25) is 5.91 Å². The number of benzene rings is 2. The van der Waals surface area contributed by atoms with E-state index >= 15 is 0 Å². The molecule has 1 heterocycles. The van der Waals surface area contributed by atoms with Crippen LogP contribution in [0.1, 0.15) is 34.6 Å². The molecule has 0 unspecified atom stereocenters. The lowest BCUT2D eigenvalue weighted by molar-refractivity contribution is -0.116. The molecule has 1 saturated heterocycles. The molecular formula is C20H23NOS2. The lowest BCUT2D eigenvalue weighted by Crippen LogP contribution is -2.12. The highest BCUT2D eigenvalue weighted by Crippen LogP contribution is 2.45. The van der Waals surface area contributed by atoms with E-state index in [1.54, 1.807) is 0 Å². The maximum absolute atomic E-state index is 12.2. The van der Waals surface area contributed by atoms with Crippen molar-refractivity contribution in [1.29, 1.82) is 0 Å². The van der Waals surface area contributed by atoms with Gasteiger partial charge in [0.1, 0.15) is 0 Å². The minimum absolute atomic E-state index is 0.0819. The number of anilines is 1. The topological polar surface area (TPSA) is 29.1 Å². The quantitative estimate of drug-likeness (QED) is 0.761. The standard InChI is InChI=1S/C20H23NOS2/c1-2-15-6-8-16(9-7-15)10-11-19(22)21-18-5-3-4-17(14-18)20-23-12-13-24-20/h3-9,14,20H,2,10-13H2,1H3,(H,21,22). The summed E-state index contributed by atoms with van der Waals surface area (Å²) in [6.07, 6.45) is 2.35. The lowest BCUT2D eigenvalue weighted by atomic mass is 10.1. The van der Waals surface area contributed by atoms with Crippen LogP contribution in [0.25, 0.3) is 0 Å². The first-order valence-electron chi connectivity index (χ1n) is 8.45. The monoisotopic (exact) mass is 357 g/mol. The SMILES string of the molecule is CCc1ccc(CCC(=O)Nc2cccc(C3SCCS3)c2)cc1. The Morgan fingerprint density at radius 1 is 1.08 bits per heavy atom. The third-order valence-corrected chi connectivity index (χ3v) is 7.24. The van der Waals surface area contributed by atoms with Crippen LogP contribution >= 0.6 is 23.5 Å². The van der Waals surface area contributed by atoms with Gasteiger partial charge in [0, 0.05) is 23.6 Å². The van der Waals surface area contributed by atoms with E-state index in [9.17, 15) is 4.79 Å². The summed E-state index contributed by atoms with van der Waals surface area (Å²) in [4.78, 5) is 12.2. The van der Waals surface area contributed by atoms with E-state index in [-0.39, 0.29) is 5.91 Å². The summed E-state index contributed by atoms with van der Waals surface area (Å²) >= 11 is 3.97. The van der Waals surface area contributed by atoms with Crippen molar-refractivity contribution in [1.82, 2.24) is 0 Å². The van der Waals surface area contributed by atoms with Crippen LogP contribution < -0.4 is 5.32 Å². The minimum Gasteiger partial charge on any atom is -0.326 e. The first-order valence-corrected chi connectivity index (χ1v) is 10.5. The van der Waals surface area contributed by atoms with Crippen molar-refractivity contribution in [2.45, 2.75) is 30.8 Å². The molecule has 126 valence electrons. The van der Waals surface area contributed by atoms with Crippen LogP contribution in [0.2, 0.25) is 0 Å². The number of carbonyl (C=O) groups excluding carboxylic acids is 1. The summed E-state index contributed by atoms with van der Waals surface area (Å²) in [5, 5.41) is 3.04. The molecule has 0 aromatic heterocycles. The predicted molar refractivity (Wildman–Crippen MR) is 107 cm³/mol. The molecule has 1 N–H and O–H groups in total. The molecule has 2 nitrogen and oxygen atoms in total. The van der Waals surface area contributed by atoms with E-state index in [0.717, 1.165) is 18.5 Å². The molecule has 2 aromatic carbocycles. The fraction of sp³-hybridized carbons (Fsp3) is 0.350. The first kappa shape index (κ1) is 17.4. The Bertz CT molecular complexity index is 678. The van der Waals surface area contributed by atoms with E-state index in [0.29, 0.717) is 11.0 Å². The van der Waals surface area contributed by atoms with Gasteiger partial charge in [0.15, 0.2) is 0 Å². The number of nitrogens with one attached hydrogen (secondary N) is 1. The van der Waals surface area contributed by atoms with Crippen LogP contribution in [0.3, 0.4) is 0 Å². The first-order chi connectivity index (χ1) is 11.7. The number of carbonyl (C=O) groups is 1. The summed E-state index contributed by atoms with van der Waals surface area (Å²) in [7, 11) is 0. The fourth-order valence-corrected chi connectivity index (χ4v) is 5.58. The van der Waals surface area contributed by atoms with E-state index in [1.807, 2.05) is 35.7 Å². The zero-order chi connectivity index (χ0) is 16.8. The highest BCUT2D eigenvalue weighted by Gasteiger charge is 2.18. The zero-order valence-electron chi connectivity index (χ0n) is 14.0. The van der Waals surface area contributed by atoms with Crippen LogP contribution in [0, 0.1) is 0 Å². The summed E-state index contributed by atoms with van der Waals surface area (Å²) in [5.74, 6) is 2.50. The van der Waals surface area contributed by atoms with Crippen molar-refractivity contribution >= 4 is 35.1 Å². The van der Waals surface area contributed by atoms with Gasteiger partial charge in [-0.05, 0) is 41.7 Å². The average Bonchev–Trinajstić information content (AvgIpc) is 3.15. The Hall–Kier alpha value is -1.39. The van der Waals surface area contributed by atoms with Gasteiger partial charge in [-0.1, -0.05) is 43.3 Å². The summed E-state index contributed by atoms with van der Waals surface area (Å²) in [6, 6.07) is 16.8. The average molecular weight is 358 g/mol. The molecule has 0 bridgehead atoms. The molecule has 4 heteroatoms. The van der Waals surface area contributed by atoms with E-state index in [2.05, 4.69) is 48.6 Å². The molecule has 1 aliphatic rings. The van der Waals surface area contributed by atoms with Gasteiger partial charge in [-0.15, -0.1) is 23.5 Å². The molecular weight excluding hydrogens is 334 g/mol. The third kappa shape index (κ3) is 4.81. The van der Waals surface area contributed by atoms with E-state index in [1.165, 1.54) is 28.2 Å². The van der Waals surface area contributed by atoms with Crippen LogP contribution in [0.4, 0.5) is 5.69 Å². The van der Waals surface area contributed by atoms with E-state index in [4.69, 9.17) is 0 Å². The molecule has 1 aliphatic heterocycles. The van der Waals surface area contributed by atoms with Gasteiger partial charge in [-0.25, -0.2) is 0 Å². The number of thioether (sulfide) groups is 2. The van der Waals surface area contributed by atoms with Crippen molar-refractivity contribution in [2.75, 3.05) is 16.8 Å². The second-order valence-electron chi connectivity index (χ2n) is 5.92. The smallest absolute Gasteiger partial charge is 0.224 e. The second kappa shape index (κ2) is 8.63. The highest BCUT2D eigenvalue weighted by molar-refractivity contribution is 8.19. The Kier molecular flexibility index (Phi) is 6.27. The van der Waals surface area contributed by atoms with Crippen LogP contribution in [0.5, 0.6) is 0 Å². The predicted octanol–water partition coefficient (Wildman–Crippen LogP) is 5.30. The van der Waals surface area contributed by atoms with Gasteiger partial charge in [0.25, 0.3) is 0 Å². The molecule has 0 saturated carbocycles. The van der Waals surface area contributed by atoms with Crippen LogP contribution in [0.15, 0.2) is 48.5 Å². The number of aryl methyl sites for hydroxylation is 2. The number of hydrogen-bond acceptors (Lipinski definition) is 3. The molecule has 24 heavy (non-hydrogen) atoms. The van der Waals surface area contributed by atoms with Gasteiger partial charge >= 0.3 is 0 Å². The Labute approximate surface area is 152 Å². The lowest BCUT2D eigenvalue weighted by Gasteiger charge is -2.11. The molecule has 0 spiro atoms. The zero-order valence-corrected chi connectivity index (χ0v) is 15.6. The maximum atomic E-state index is 12.2. The summed E-state index contributed by atoms with van der Waals surface area (Å²) < 4.78 is 0.513. The molecule has 2 aromatic rings. The van der Waals surface area contributed by atoms with Gasteiger partial charge < -0.3 is 5.32 Å².